The zero-order valence-electron chi connectivity index (χ0n) is 18.1. The molecule has 0 saturated carbocycles. The first-order valence-electron chi connectivity index (χ1n) is 10.2. The lowest BCUT2D eigenvalue weighted by Crippen LogP contribution is -2.27. The van der Waals surface area contributed by atoms with Gasteiger partial charge in [-0.25, -0.2) is 0 Å². The lowest BCUT2D eigenvalue weighted by atomic mass is 10.1. The highest BCUT2D eigenvalue weighted by Gasteiger charge is 2.33. The summed E-state index contributed by atoms with van der Waals surface area (Å²) in [6.45, 7) is 4.52. The van der Waals surface area contributed by atoms with Crippen LogP contribution in [0.15, 0.2) is 71.6 Å². The maximum atomic E-state index is 13.1. The molecule has 1 aliphatic heterocycles. The van der Waals surface area contributed by atoms with Crippen molar-refractivity contribution >= 4 is 46.0 Å². The van der Waals surface area contributed by atoms with Gasteiger partial charge in [-0.3, -0.25) is 9.69 Å². The largest absolute Gasteiger partial charge is 0.493 e. The molecule has 1 saturated heterocycles. The fourth-order valence-corrected chi connectivity index (χ4v) is 4.63. The number of carbonyl (C=O) groups is 1. The van der Waals surface area contributed by atoms with Gasteiger partial charge < -0.3 is 9.47 Å². The highest BCUT2D eigenvalue weighted by molar-refractivity contribution is 8.27. The Morgan fingerprint density at radius 1 is 0.969 bits per heavy atom. The summed E-state index contributed by atoms with van der Waals surface area (Å²) in [6, 6.07) is 21.5. The van der Waals surface area contributed by atoms with Crippen molar-refractivity contribution in [3.8, 4) is 11.5 Å². The summed E-state index contributed by atoms with van der Waals surface area (Å²) in [7, 11) is 1.60. The van der Waals surface area contributed by atoms with Gasteiger partial charge in [0.25, 0.3) is 5.91 Å². The minimum atomic E-state index is -0.119. The molecule has 0 aliphatic carbocycles. The standard InChI is InChI=1S/C26H23NO3S2/c1-17-9-11-21(13-18(17)2)27-25(28)24(32-26(27)31)15-20-10-12-22(23(14-20)29-3)30-16-19-7-5-4-6-8-19/h4-15H,16H2,1-3H3/b24-15-. The number of rotatable bonds is 6. The van der Waals surface area contributed by atoms with Crippen molar-refractivity contribution in [2.75, 3.05) is 12.0 Å². The first-order chi connectivity index (χ1) is 15.5. The summed E-state index contributed by atoms with van der Waals surface area (Å²) in [5, 5.41) is 0. The predicted octanol–water partition coefficient (Wildman–Crippen LogP) is 6.30. The van der Waals surface area contributed by atoms with E-state index in [0.29, 0.717) is 27.3 Å². The number of methoxy groups -OCH3 is 1. The fraction of sp³-hybridized carbons (Fsp3) is 0.154. The number of hydrogen-bond acceptors (Lipinski definition) is 5. The molecular weight excluding hydrogens is 438 g/mol. The van der Waals surface area contributed by atoms with Crippen LogP contribution in [-0.2, 0) is 11.4 Å². The van der Waals surface area contributed by atoms with Crippen molar-refractivity contribution < 1.29 is 14.3 Å². The zero-order chi connectivity index (χ0) is 22.7. The van der Waals surface area contributed by atoms with E-state index in [1.807, 2.05) is 86.7 Å². The number of amides is 1. The highest BCUT2D eigenvalue weighted by atomic mass is 32.2. The van der Waals surface area contributed by atoms with Gasteiger partial charge in [-0.05, 0) is 66.4 Å². The molecule has 162 valence electrons. The van der Waals surface area contributed by atoms with E-state index < -0.39 is 0 Å². The molecule has 3 aromatic carbocycles. The first-order valence-corrected chi connectivity index (χ1v) is 11.4. The number of nitrogens with zero attached hydrogens (tertiary/aromatic N) is 1. The van der Waals surface area contributed by atoms with Crippen molar-refractivity contribution in [3.63, 3.8) is 0 Å². The number of hydrogen-bond donors (Lipinski definition) is 0. The topological polar surface area (TPSA) is 38.8 Å². The van der Waals surface area contributed by atoms with Crippen molar-refractivity contribution in [3.05, 3.63) is 93.9 Å². The maximum absolute atomic E-state index is 13.1. The SMILES string of the molecule is COc1cc(/C=C2\SC(=S)N(c3ccc(C)c(C)c3)C2=O)ccc1OCc1ccccc1. The van der Waals surface area contributed by atoms with E-state index in [-0.39, 0.29) is 5.91 Å². The van der Waals surface area contributed by atoms with Gasteiger partial charge >= 0.3 is 0 Å². The molecule has 0 bridgehead atoms. The lowest BCUT2D eigenvalue weighted by molar-refractivity contribution is -0.113. The fourth-order valence-electron chi connectivity index (χ4n) is 3.33. The minimum Gasteiger partial charge on any atom is -0.493 e. The second-order valence-corrected chi connectivity index (χ2v) is 9.15. The van der Waals surface area contributed by atoms with E-state index in [9.17, 15) is 4.79 Å². The Morgan fingerprint density at radius 3 is 2.47 bits per heavy atom. The van der Waals surface area contributed by atoms with Crippen molar-refractivity contribution in [1.82, 2.24) is 0 Å². The molecule has 0 aromatic heterocycles. The highest BCUT2D eigenvalue weighted by Crippen LogP contribution is 2.37. The Kier molecular flexibility index (Phi) is 6.63. The number of aryl methyl sites for hydroxylation is 2. The first kappa shape index (κ1) is 22.1. The molecule has 0 atom stereocenters. The molecule has 0 spiro atoms. The molecule has 0 radical (unpaired) electrons. The molecule has 0 unspecified atom stereocenters. The van der Waals surface area contributed by atoms with Crippen molar-refractivity contribution in [2.45, 2.75) is 20.5 Å². The van der Waals surface area contributed by atoms with E-state index in [1.54, 1.807) is 12.0 Å². The van der Waals surface area contributed by atoms with E-state index in [2.05, 4.69) is 0 Å². The molecular formula is C26H23NO3S2. The zero-order valence-corrected chi connectivity index (χ0v) is 19.8. The van der Waals surface area contributed by atoms with Crippen molar-refractivity contribution in [1.29, 1.82) is 0 Å². The molecule has 1 aliphatic rings. The molecule has 1 amide bonds. The minimum absolute atomic E-state index is 0.119. The summed E-state index contributed by atoms with van der Waals surface area (Å²) in [6.07, 6.45) is 1.84. The van der Waals surface area contributed by atoms with Crippen LogP contribution in [0.2, 0.25) is 0 Å². The third-order valence-corrected chi connectivity index (χ3v) is 6.57. The summed E-state index contributed by atoms with van der Waals surface area (Å²) in [4.78, 5) is 15.3. The molecule has 32 heavy (non-hydrogen) atoms. The van der Waals surface area contributed by atoms with Gasteiger partial charge in [-0.15, -0.1) is 0 Å². The Morgan fingerprint density at radius 2 is 1.75 bits per heavy atom. The van der Waals surface area contributed by atoms with Crippen LogP contribution in [0.1, 0.15) is 22.3 Å². The number of benzene rings is 3. The van der Waals surface area contributed by atoms with E-state index in [0.717, 1.165) is 22.4 Å². The number of thiocarbonyl (C=S) groups is 1. The molecule has 1 heterocycles. The van der Waals surface area contributed by atoms with Gasteiger partial charge in [0.1, 0.15) is 6.61 Å². The smallest absolute Gasteiger partial charge is 0.270 e. The number of carbonyl (C=O) groups excluding carboxylic acids is 1. The van der Waals surface area contributed by atoms with Crippen LogP contribution in [0.5, 0.6) is 11.5 Å². The maximum Gasteiger partial charge on any atom is 0.270 e. The van der Waals surface area contributed by atoms with Gasteiger partial charge in [0.15, 0.2) is 15.8 Å². The quantitative estimate of drug-likeness (QED) is 0.318. The normalized spacial score (nSPS) is 14.8. The second-order valence-electron chi connectivity index (χ2n) is 7.47. The Bertz CT molecular complexity index is 1200. The average Bonchev–Trinajstić information content (AvgIpc) is 3.08. The molecule has 4 rings (SSSR count). The second kappa shape index (κ2) is 9.59. The Labute approximate surface area is 197 Å². The van der Waals surface area contributed by atoms with Crippen LogP contribution < -0.4 is 14.4 Å². The average molecular weight is 462 g/mol. The van der Waals surface area contributed by atoms with Crippen molar-refractivity contribution in [2.24, 2.45) is 0 Å². The van der Waals surface area contributed by atoms with E-state index in [4.69, 9.17) is 21.7 Å². The van der Waals surface area contributed by atoms with Crippen LogP contribution in [0.4, 0.5) is 5.69 Å². The summed E-state index contributed by atoms with van der Waals surface area (Å²) in [5.74, 6) is 1.14. The van der Waals surface area contributed by atoms with E-state index >= 15 is 0 Å². The predicted molar refractivity (Wildman–Crippen MR) is 135 cm³/mol. The van der Waals surface area contributed by atoms with Crippen LogP contribution in [0, 0.1) is 13.8 Å². The van der Waals surface area contributed by atoms with Gasteiger partial charge in [-0.1, -0.05) is 66.4 Å². The molecule has 0 N–H and O–H groups in total. The number of ether oxygens (including phenoxy) is 2. The summed E-state index contributed by atoms with van der Waals surface area (Å²) >= 11 is 6.81. The van der Waals surface area contributed by atoms with Gasteiger partial charge in [0.05, 0.1) is 17.7 Å². The lowest BCUT2D eigenvalue weighted by Gasteiger charge is -2.16. The van der Waals surface area contributed by atoms with E-state index in [1.165, 1.54) is 17.3 Å². The van der Waals surface area contributed by atoms with Gasteiger partial charge in [-0.2, -0.15) is 0 Å². The number of thioether (sulfide) groups is 1. The number of anilines is 1. The van der Waals surface area contributed by atoms with Crippen LogP contribution in [0.3, 0.4) is 0 Å². The summed E-state index contributed by atoms with van der Waals surface area (Å²) in [5.41, 5.74) is 5.01. The Balaban J connectivity index is 1.54. The molecule has 6 heteroatoms. The third-order valence-electron chi connectivity index (χ3n) is 5.27. The van der Waals surface area contributed by atoms with Crippen LogP contribution >= 0.6 is 24.0 Å². The molecule has 3 aromatic rings. The Hall–Kier alpha value is -3.09. The molecule has 4 nitrogen and oxygen atoms in total. The molecule has 1 fully saturated rings. The van der Waals surface area contributed by atoms with Crippen LogP contribution in [-0.4, -0.2) is 17.3 Å². The van der Waals surface area contributed by atoms with Gasteiger partial charge in [0.2, 0.25) is 0 Å². The monoisotopic (exact) mass is 461 g/mol. The van der Waals surface area contributed by atoms with Crippen LogP contribution in [0.25, 0.3) is 6.08 Å². The summed E-state index contributed by atoms with van der Waals surface area (Å²) < 4.78 is 12.0. The van der Waals surface area contributed by atoms with Gasteiger partial charge in [0, 0.05) is 0 Å². The third kappa shape index (κ3) is 4.71.